The van der Waals surface area contributed by atoms with Gasteiger partial charge in [0.05, 0.1) is 4.90 Å². The first kappa shape index (κ1) is 32.5. The average Bonchev–Trinajstić information content (AvgIpc) is 3.04. The van der Waals surface area contributed by atoms with Crippen molar-refractivity contribution in [1.29, 1.82) is 0 Å². The standard InChI is InChI=1S/C32H39N5O6S/c1-4-30(38)33-18-10-15-27(34-32(40)43-23-24-11-6-5-7-12-24)31(39)36-19-21-37(22-20-36)44(41,42)29-17-9-13-25-26(29)14-8-16-28(25)35(2)3/h4-9,11-14,16-17,27H,1,10,15,18-23H2,2-3H3,(H,33,38)(H,34,40). The number of amides is 3. The summed E-state index contributed by atoms with van der Waals surface area (Å²) < 4.78 is 34.3. The van der Waals surface area contributed by atoms with Crippen molar-refractivity contribution >= 4 is 44.4 Å². The van der Waals surface area contributed by atoms with E-state index < -0.39 is 22.2 Å². The van der Waals surface area contributed by atoms with E-state index >= 15 is 0 Å². The van der Waals surface area contributed by atoms with Crippen molar-refractivity contribution in [2.45, 2.75) is 30.4 Å². The molecule has 0 radical (unpaired) electrons. The number of rotatable bonds is 12. The topological polar surface area (TPSA) is 128 Å². The van der Waals surface area contributed by atoms with Gasteiger partial charge in [-0.3, -0.25) is 9.59 Å². The maximum Gasteiger partial charge on any atom is 0.408 e. The molecule has 12 heteroatoms. The van der Waals surface area contributed by atoms with E-state index in [1.54, 1.807) is 23.1 Å². The quantitative estimate of drug-likeness (QED) is 0.235. The molecular weight excluding hydrogens is 582 g/mol. The minimum absolute atomic E-state index is 0.0454. The van der Waals surface area contributed by atoms with Gasteiger partial charge >= 0.3 is 6.09 Å². The molecule has 0 saturated carbocycles. The van der Waals surface area contributed by atoms with E-state index in [1.165, 1.54) is 4.31 Å². The number of nitrogens with zero attached hydrogens (tertiary/aromatic N) is 3. The Balaban J connectivity index is 1.42. The van der Waals surface area contributed by atoms with Gasteiger partial charge in [0, 0.05) is 63.3 Å². The van der Waals surface area contributed by atoms with Crippen LogP contribution in [0.4, 0.5) is 10.5 Å². The molecule has 44 heavy (non-hydrogen) atoms. The minimum Gasteiger partial charge on any atom is -0.445 e. The normalized spacial score (nSPS) is 14.5. The lowest BCUT2D eigenvalue weighted by molar-refractivity contribution is -0.134. The van der Waals surface area contributed by atoms with Gasteiger partial charge in [0.2, 0.25) is 21.8 Å². The van der Waals surface area contributed by atoms with Crippen molar-refractivity contribution < 1.29 is 27.5 Å². The van der Waals surface area contributed by atoms with Crippen molar-refractivity contribution in [2.75, 3.05) is 51.7 Å². The number of benzene rings is 3. The van der Waals surface area contributed by atoms with Gasteiger partial charge in [0.15, 0.2) is 0 Å². The zero-order chi connectivity index (χ0) is 31.7. The van der Waals surface area contributed by atoms with E-state index in [4.69, 9.17) is 4.74 Å². The van der Waals surface area contributed by atoms with Crippen molar-refractivity contribution in [1.82, 2.24) is 19.8 Å². The summed E-state index contributed by atoms with van der Waals surface area (Å²) in [5.41, 5.74) is 1.72. The van der Waals surface area contributed by atoms with E-state index in [2.05, 4.69) is 17.2 Å². The van der Waals surface area contributed by atoms with Crippen LogP contribution in [0.5, 0.6) is 0 Å². The average molecular weight is 622 g/mol. The molecule has 2 N–H and O–H groups in total. The number of hydrogen-bond donors (Lipinski definition) is 2. The summed E-state index contributed by atoms with van der Waals surface area (Å²) in [6, 6.07) is 19.1. The highest BCUT2D eigenvalue weighted by molar-refractivity contribution is 7.89. The molecule has 1 aliphatic rings. The lowest BCUT2D eigenvalue weighted by atomic mass is 10.1. The monoisotopic (exact) mass is 621 g/mol. The van der Waals surface area contributed by atoms with E-state index in [1.807, 2.05) is 67.5 Å². The van der Waals surface area contributed by atoms with Crippen LogP contribution >= 0.6 is 0 Å². The Labute approximate surface area is 258 Å². The fourth-order valence-electron chi connectivity index (χ4n) is 5.14. The van der Waals surface area contributed by atoms with Crippen LogP contribution < -0.4 is 15.5 Å². The highest BCUT2D eigenvalue weighted by Crippen LogP contribution is 2.32. The number of carbonyl (C=O) groups excluding carboxylic acids is 3. The first-order valence-corrected chi connectivity index (χ1v) is 15.9. The van der Waals surface area contributed by atoms with Crippen LogP contribution in [-0.4, -0.2) is 88.4 Å². The third-order valence-electron chi connectivity index (χ3n) is 7.47. The van der Waals surface area contributed by atoms with Crippen LogP contribution in [0.25, 0.3) is 10.8 Å². The smallest absolute Gasteiger partial charge is 0.408 e. The lowest BCUT2D eigenvalue weighted by Crippen LogP contribution is -2.55. The number of fused-ring (bicyclic) bond motifs is 1. The second kappa shape index (κ2) is 14.8. The van der Waals surface area contributed by atoms with Gasteiger partial charge in [-0.1, -0.05) is 61.2 Å². The summed E-state index contributed by atoms with van der Waals surface area (Å²) in [6.45, 7) is 4.31. The van der Waals surface area contributed by atoms with Crippen molar-refractivity contribution in [3.8, 4) is 0 Å². The Morgan fingerprint density at radius 3 is 2.32 bits per heavy atom. The number of ether oxygens (including phenoxy) is 1. The predicted molar refractivity (Wildman–Crippen MR) is 170 cm³/mol. The van der Waals surface area contributed by atoms with E-state index in [9.17, 15) is 22.8 Å². The van der Waals surface area contributed by atoms with Crippen LogP contribution in [0.15, 0.2) is 84.3 Å². The molecule has 0 aliphatic carbocycles. The van der Waals surface area contributed by atoms with Gasteiger partial charge in [0.1, 0.15) is 12.6 Å². The van der Waals surface area contributed by atoms with Gasteiger partial charge in [-0.05, 0) is 36.6 Å². The zero-order valence-electron chi connectivity index (χ0n) is 25.1. The SMILES string of the molecule is C=CC(=O)NCCCC(NC(=O)OCc1ccccc1)C(=O)N1CCN(S(=O)(=O)c2cccc3c(N(C)C)cccc23)CC1. The summed E-state index contributed by atoms with van der Waals surface area (Å²) in [4.78, 5) is 41.5. The number of piperazine rings is 1. The Kier molecular flexibility index (Phi) is 11.0. The van der Waals surface area contributed by atoms with E-state index in [-0.39, 0.29) is 55.9 Å². The molecule has 1 atom stereocenters. The molecular formula is C32H39N5O6S. The number of alkyl carbamates (subject to hydrolysis) is 1. The van der Waals surface area contributed by atoms with Gasteiger partial charge in [-0.15, -0.1) is 0 Å². The molecule has 3 aromatic carbocycles. The predicted octanol–water partition coefficient (Wildman–Crippen LogP) is 3.12. The van der Waals surface area contributed by atoms with Crippen molar-refractivity contribution in [3.05, 3.63) is 84.9 Å². The molecule has 0 spiro atoms. The molecule has 0 bridgehead atoms. The fraction of sp³-hybridized carbons (Fsp3) is 0.344. The summed E-state index contributed by atoms with van der Waals surface area (Å²) >= 11 is 0. The second-order valence-electron chi connectivity index (χ2n) is 10.6. The van der Waals surface area contributed by atoms with Gasteiger partial charge in [0.25, 0.3) is 0 Å². The summed E-state index contributed by atoms with van der Waals surface area (Å²) in [7, 11) is -0.0200. The number of sulfonamides is 1. The molecule has 3 aromatic rings. The van der Waals surface area contributed by atoms with Gasteiger partial charge in [-0.25, -0.2) is 13.2 Å². The maximum absolute atomic E-state index is 13.8. The summed E-state index contributed by atoms with van der Waals surface area (Å²) in [6.07, 6.45) is 1.09. The Morgan fingerprint density at radius 1 is 0.955 bits per heavy atom. The molecule has 1 heterocycles. The number of anilines is 1. The first-order valence-electron chi connectivity index (χ1n) is 14.5. The summed E-state index contributed by atoms with van der Waals surface area (Å²) in [5.74, 6) is -0.667. The highest BCUT2D eigenvalue weighted by Gasteiger charge is 2.34. The minimum atomic E-state index is -3.84. The molecule has 1 unspecified atom stereocenters. The Bertz CT molecular complexity index is 1590. The van der Waals surface area contributed by atoms with Crippen molar-refractivity contribution in [2.24, 2.45) is 0 Å². The molecule has 234 valence electrons. The molecule has 1 fully saturated rings. The van der Waals surface area contributed by atoms with Crippen LogP contribution in [0, 0.1) is 0 Å². The van der Waals surface area contributed by atoms with Crippen LogP contribution in [0.2, 0.25) is 0 Å². The zero-order valence-corrected chi connectivity index (χ0v) is 25.9. The van der Waals surface area contributed by atoms with Crippen LogP contribution in [0.1, 0.15) is 18.4 Å². The lowest BCUT2D eigenvalue weighted by Gasteiger charge is -2.36. The highest BCUT2D eigenvalue weighted by atomic mass is 32.2. The van der Waals surface area contributed by atoms with Crippen molar-refractivity contribution in [3.63, 3.8) is 0 Å². The Morgan fingerprint density at radius 2 is 1.64 bits per heavy atom. The second-order valence-corrected chi connectivity index (χ2v) is 12.6. The largest absolute Gasteiger partial charge is 0.445 e. The molecule has 4 rings (SSSR count). The van der Waals surface area contributed by atoms with Gasteiger partial charge < -0.3 is 25.2 Å². The molecule has 0 aromatic heterocycles. The number of hydrogen-bond acceptors (Lipinski definition) is 7. The maximum atomic E-state index is 13.8. The molecule has 1 aliphatic heterocycles. The third kappa shape index (κ3) is 7.94. The Hall–Kier alpha value is -4.42. The fourth-order valence-corrected chi connectivity index (χ4v) is 6.77. The van der Waals surface area contributed by atoms with E-state index in [0.29, 0.717) is 18.4 Å². The molecule has 11 nitrogen and oxygen atoms in total. The first-order chi connectivity index (χ1) is 21.1. The van der Waals surface area contributed by atoms with Gasteiger partial charge in [-0.2, -0.15) is 4.31 Å². The van der Waals surface area contributed by atoms with E-state index in [0.717, 1.165) is 22.7 Å². The molecule has 1 saturated heterocycles. The number of carbonyl (C=O) groups is 3. The van der Waals surface area contributed by atoms with Crippen LogP contribution in [-0.2, 0) is 31.0 Å². The number of nitrogens with one attached hydrogen (secondary N) is 2. The van der Waals surface area contributed by atoms with Crippen LogP contribution in [0.3, 0.4) is 0 Å². The third-order valence-corrected chi connectivity index (χ3v) is 9.42. The summed E-state index contributed by atoms with van der Waals surface area (Å²) in [5, 5.41) is 6.81. The molecule has 3 amide bonds.